The van der Waals surface area contributed by atoms with Crippen molar-refractivity contribution >= 4 is 16.8 Å². The molecule has 2 heteroatoms. The van der Waals surface area contributed by atoms with Crippen molar-refractivity contribution in [1.82, 2.24) is 0 Å². The lowest BCUT2D eigenvalue weighted by Gasteiger charge is -1.93. The van der Waals surface area contributed by atoms with Crippen LogP contribution in [0, 0.1) is 0 Å². The third-order valence-electron chi connectivity index (χ3n) is 1.11. The average molecular weight is 158 g/mol. The lowest BCUT2D eigenvalue weighted by molar-refractivity contribution is 1.35. The van der Waals surface area contributed by atoms with Gasteiger partial charge in [-0.15, -0.1) is 6.58 Å². The quantitative estimate of drug-likeness (QED) is 0.441. The number of hydrogen-bond donors (Lipinski definition) is 0. The van der Waals surface area contributed by atoms with Crippen molar-refractivity contribution in [1.29, 1.82) is 0 Å². The van der Waals surface area contributed by atoms with Crippen LogP contribution in [0.15, 0.2) is 29.3 Å². The highest BCUT2D eigenvalue weighted by molar-refractivity contribution is 6.69. The summed E-state index contributed by atoms with van der Waals surface area (Å²) in [4.78, 5) is 3.82. The molecule has 0 aliphatic rings. The number of aliphatic imine (C=N–C) groups is 1. The van der Waals surface area contributed by atoms with Gasteiger partial charge >= 0.3 is 0 Å². The number of hydrogen-bond acceptors (Lipinski definition) is 1. The molecule has 0 saturated heterocycles. The second-order valence-corrected chi connectivity index (χ2v) is 2.28. The monoisotopic (exact) mass is 157 g/mol. The minimum absolute atomic E-state index is 0.571. The Labute approximate surface area is 67.1 Å². The fraction of sp³-hybridized carbons (Fsp3) is 0.375. The zero-order valence-corrected chi connectivity index (χ0v) is 7.15. The first-order chi connectivity index (χ1) is 4.72. The molecule has 1 nitrogen and oxygen atoms in total. The summed E-state index contributed by atoms with van der Waals surface area (Å²) < 4.78 is 0. The molecule has 0 aliphatic carbocycles. The molecule has 0 spiro atoms. The molecule has 0 saturated carbocycles. The summed E-state index contributed by atoms with van der Waals surface area (Å²) in [6.45, 7) is 5.52. The summed E-state index contributed by atoms with van der Waals surface area (Å²) in [6.07, 6.45) is 4.66. The Morgan fingerprint density at radius 3 is 2.70 bits per heavy atom. The lowest BCUT2D eigenvalue weighted by atomic mass is 10.2. The van der Waals surface area contributed by atoms with Crippen LogP contribution < -0.4 is 0 Å². The standard InChI is InChI=1S/C8H12ClN/c1-4-5-6-7(2)8(9)10-3/h4,6H,1,5H2,2-3H3. The Morgan fingerprint density at radius 2 is 2.30 bits per heavy atom. The van der Waals surface area contributed by atoms with Gasteiger partial charge in [-0.1, -0.05) is 23.8 Å². The fourth-order valence-corrected chi connectivity index (χ4v) is 0.598. The zero-order chi connectivity index (χ0) is 7.98. The van der Waals surface area contributed by atoms with E-state index < -0.39 is 0 Å². The summed E-state index contributed by atoms with van der Waals surface area (Å²) in [6, 6.07) is 0. The summed E-state index contributed by atoms with van der Waals surface area (Å²) in [5, 5.41) is 0.571. The maximum absolute atomic E-state index is 5.70. The highest BCUT2D eigenvalue weighted by Crippen LogP contribution is 2.02. The molecule has 0 unspecified atom stereocenters. The van der Waals surface area contributed by atoms with Gasteiger partial charge in [0.1, 0.15) is 5.17 Å². The topological polar surface area (TPSA) is 12.4 Å². The van der Waals surface area contributed by atoms with Gasteiger partial charge in [0.25, 0.3) is 0 Å². The molecule has 0 radical (unpaired) electrons. The fourth-order valence-electron chi connectivity index (χ4n) is 0.521. The second kappa shape index (κ2) is 5.24. The molecule has 56 valence electrons. The first-order valence-electron chi connectivity index (χ1n) is 3.12. The van der Waals surface area contributed by atoms with Gasteiger partial charge in [-0.3, -0.25) is 4.99 Å². The van der Waals surface area contributed by atoms with E-state index in [9.17, 15) is 0 Å². The highest BCUT2D eigenvalue weighted by Gasteiger charge is 1.92. The molecule has 0 fully saturated rings. The smallest absolute Gasteiger partial charge is 0.125 e. The lowest BCUT2D eigenvalue weighted by Crippen LogP contribution is -1.87. The first-order valence-corrected chi connectivity index (χ1v) is 3.50. The summed E-state index contributed by atoms with van der Waals surface area (Å²) >= 11 is 5.70. The third-order valence-corrected chi connectivity index (χ3v) is 1.58. The Balaban J connectivity index is 4.05. The van der Waals surface area contributed by atoms with Crippen molar-refractivity contribution < 1.29 is 0 Å². The van der Waals surface area contributed by atoms with Crippen LogP contribution >= 0.6 is 11.6 Å². The van der Waals surface area contributed by atoms with Crippen LogP contribution in [0.25, 0.3) is 0 Å². The number of halogens is 1. The van der Waals surface area contributed by atoms with Gasteiger partial charge in [-0.25, -0.2) is 0 Å². The van der Waals surface area contributed by atoms with E-state index in [4.69, 9.17) is 11.6 Å². The van der Waals surface area contributed by atoms with Crippen molar-refractivity contribution in [2.75, 3.05) is 7.05 Å². The van der Waals surface area contributed by atoms with Crippen LogP contribution in [0.2, 0.25) is 0 Å². The number of allylic oxidation sites excluding steroid dienone is 3. The number of nitrogens with zero attached hydrogens (tertiary/aromatic N) is 1. The van der Waals surface area contributed by atoms with E-state index in [-0.39, 0.29) is 0 Å². The second-order valence-electron chi connectivity index (χ2n) is 1.93. The summed E-state index contributed by atoms with van der Waals surface area (Å²) in [7, 11) is 1.67. The molecule has 0 atom stereocenters. The van der Waals surface area contributed by atoms with Crippen LogP contribution in [0.1, 0.15) is 13.3 Å². The highest BCUT2D eigenvalue weighted by atomic mass is 35.5. The van der Waals surface area contributed by atoms with E-state index in [1.165, 1.54) is 0 Å². The normalized spacial score (nSPS) is 13.5. The van der Waals surface area contributed by atoms with Gasteiger partial charge in [0, 0.05) is 7.05 Å². The third kappa shape index (κ3) is 3.46. The van der Waals surface area contributed by atoms with Gasteiger partial charge in [0.15, 0.2) is 0 Å². The predicted molar refractivity (Wildman–Crippen MR) is 47.8 cm³/mol. The van der Waals surface area contributed by atoms with Crippen LogP contribution in [-0.4, -0.2) is 12.2 Å². The largest absolute Gasteiger partial charge is 0.276 e. The van der Waals surface area contributed by atoms with E-state index >= 15 is 0 Å². The molecule has 0 aromatic carbocycles. The van der Waals surface area contributed by atoms with E-state index in [0.29, 0.717) is 5.17 Å². The zero-order valence-electron chi connectivity index (χ0n) is 6.39. The van der Waals surface area contributed by atoms with Crippen molar-refractivity contribution in [3.8, 4) is 0 Å². The molecule has 0 aliphatic heterocycles. The van der Waals surface area contributed by atoms with Crippen molar-refractivity contribution in [3.05, 3.63) is 24.3 Å². The molecule has 0 aromatic rings. The summed E-state index contributed by atoms with van der Waals surface area (Å²) in [5.74, 6) is 0. The van der Waals surface area contributed by atoms with Gasteiger partial charge < -0.3 is 0 Å². The van der Waals surface area contributed by atoms with Crippen LogP contribution in [0.5, 0.6) is 0 Å². The van der Waals surface area contributed by atoms with Crippen LogP contribution in [-0.2, 0) is 0 Å². The van der Waals surface area contributed by atoms with Crippen molar-refractivity contribution in [2.24, 2.45) is 4.99 Å². The van der Waals surface area contributed by atoms with Crippen molar-refractivity contribution in [3.63, 3.8) is 0 Å². The molecule has 0 N–H and O–H groups in total. The molecule has 10 heavy (non-hydrogen) atoms. The van der Waals surface area contributed by atoms with Gasteiger partial charge in [-0.2, -0.15) is 0 Å². The average Bonchev–Trinajstić information content (AvgIpc) is 1.98. The molecular formula is C8H12ClN. The molecule has 0 aromatic heterocycles. The predicted octanol–water partition coefficient (Wildman–Crippen LogP) is 2.78. The Hall–Kier alpha value is -0.560. The number of rotatable bonds is 3. The molecule has 0 rings (SSSR count). The minimum atomic E-state index is 0.571. The molecule has 0 bridgehead atoms. The maximum Gasteiger partial charge on any atom is 0.125 e. The van der Waals surface area contributed by atoms with E-state index in [1.54, 1.807) is 7.05 Å². The summed E-state index contributed by atoms with van der Waals surface area (Å²) in [5.41, 5.74) is 1.00. The van der Waals surface area contributed by atoms with Gasteiger partial charge in [-0.05, 0) is 18.9 Å². The Bertz CT molecular complexity index is 168. The van der Waals surface area contributed by atoms with Crippen LogP contribution in [0.4, 0.5) is 0 Å². The Morgan fingerprint density at radius 1 is 1.70 bits per heavy atom. The SMILES string of the molecule is C=CCC=C(C)C(Cl)=NC. The Kier molecular flexibility index (Phi) is 4.95. The molecule has 0 amide bonds. The van der Waals surface area contributed by atoms with E-state index in [2.05, 4.69) is 11.6 Å². The minimum Gasteiger partial charge on any atom is -0.276 e. The van der Waals surface area contributed by atoms with Gasteiger partial charge in [0.2, 0.25) is 0 Å². The van der Waals surface area contributed by atoms with Crippen LogP contribution in [0.3, 0.4) is 0 Å². The first kappa shape index (κ1) is 9.44. The van der Waals surface area contributed by atoms with Gasteiger partial charge in [0.05, 0.1) is 0 Å². The van der Waals surface area contributed by atoms with Crippen molar-refractivity contribution in [2.45, 2.75) is 13.3 Å². The van der Waals surface area contributed by atoms with E-state index in [0.717, 1.165) is 12.0 Å². The maximum atomic E-state index is 5.70. The molecular weight excluding hydrogens is 146 g/mol. The van der Waals surface area contributed by atoms with E-state index in [1.807, 2.05) is 19.1 Å². The molecule has 0 heterocycles.